The molecule has 1 rings (SSSR count). The maximum absolute atomic E-state index is 12.0. The molecule has 0 aliphatic rings. The molecule has 0 saturated carbocycles. The predicted octanol–water partition coefficient (Wildman–Crippen LogP) is 3.61. The molecule has 1 aromatic rings. The molecule has 0 aliphatic heterocycles. The van der Waals surface area contributed by atoms with Gasteiger partial charge in [0.2, 0.25) is 0 Å². The smallest absolute Gasteiger partial charge is 0.387 e. The Kier molecular flexibility index (Phi) is 4.55. The molecule has 82 valence electrons. The van der Waals surface area contributed by atoms with Gasteiger partial charge in [0.25, 0.3) is 0 Å². The number of ether oxygens (including phenoxy) is 1. The Bertz CT molecular complexity index is 344. The summed E-state index contributed by atoms with van der Waals surface area (Å²) in [5.74, 6) is 0.126. The van der Waals surface area contributed by atoms with Crippen molar-refractivity contribution in [1.82, 2.24) is 0 Å². The normalized spacial score (nSPS) is 10.1. The molecule has 5 heteroatoms. The molecule has 15 heavy (non-hydrogen) atoms. The number of hydrogen-bond acceptors (Lipinski definition) is 2. The van der Waals surface area contributed by atoms with Gasteiger partial charge in [-0.05, 0) is 12.1 Å². The maximum Gasteiger partial charge on any atom is 0.387 e. The van der Waals surface area contributed by atoms with Crippen LogP contribution in [0.1, 0.15) is 0 Å². The van der Waals surface area contributed by atoms with E-state index in [1.165, 1.54) is 6.07 Å². The largest absolute Gasteiger partial charge is 0.433 e. The third-order valence-electron chi connectivity index (χ3n) is 1.57. The Hall–Kier alpha value is -1.10. The Morgan fingerprint density at radius 1 is 1.47 bits per heavy atom. The summed E-state index contributed by atoms with van der Waals surface area (Å²) in [4.78, 5) is 0. The molecule has 0 fully saturated rings. The van der Waals surface area contributed by atoms with Crippen LogP contribution in [0.5, 0.6) is 5.75 Å². The van der Waals surface area contributed by atoms with Crippen molar-refractivity contribution in [2.24, 2.45) is 0 Å². The summed E-state index contributed by atoms with van der Waals surface area (Å²) in [6.07, 6.45) is 0. The zero-order valence-electron chi connectivity index (χ0n) is 7.84. The Balaban J connectivity index is 2.72. The number of benzene rings is 1. The van der Waals surface area contributed by atoms with Crippen molar-refractivity contribution in [1.29, 1.82) is 0 Å². The highest BCUT2D eigenvalue weighted by atomic mass is 79.9. The topological polar surface area (TPSA) is 21.3 Å². The van der Waals surface area contributed by atoms with E-state index in [0.717, 1.165) is 4.48 Å². The number of nitrogens with one attached hydrogen (secondary N) is 1. The number of rotatable bonds is 5. The van der Waals surface area contributed by atoms with Gasteiger partial charge in [-0.15, -0.1) is 0 Å². The van der Waals surface area contributed by atoms with Gasteiger partial charge in [0.05, 0.1) is 5.69 Å². The van der Waals surface area contributed by atoms with Gasteiger partial charge >= 0.3 is 6.61 Å². The molecule has 1 N–H and O–H groups in total. The zero-order chi connectivity index (χ0) is 11.3. The highest BCUT2D eigenvalue weighted by molar-refractivity contribution is 9.11. The molecule has 0 aromatic heterocycles. The van der Waals surface area contributed by atoms with Crippen LogP contribution in [-0.4, -0.2) is 13.2 Å². The summed E-state index contributed by atoms with van der Waals surface area (Å²) in [5.41, 5.74) is 0.512. The fourth-order valence-electron chi connectivity index (χ4n) is 1.00. The maximum atomic E-state index is 12.0. The van der Waals surface area contributed by atoms with Gasteiger partial charge in [0.1, 0.15) is 5.75 Å². The van der Waals surface area contributed by atoms with E-state index in [1.807, 2.05) is 0 Å². The van der Waals surface area contributed by atoms with Crippen LogP contribution in [0.4, 0.5) is 14.5 Å². The summed E-state index contributed by atoms with van der Waals surface area (Å²) in [6.45, 7) is 1.25. The monoisotopic (exact) mass is 277 g/mol. The van der Waals surface area contributed by atoms with Crippen LogP contribution in [0, 0.1) is 0 Å². The van der Waals surface area contributed by atoms with E-state index < -0.39 is 6.61 Å². The van der Waals surface area contributed by atoms with Crippen molar-refractivity contribution >= 4 is 21.6 Å². The van der Waals surface area contributed by atoms with Crippen LogP contribution in [-0.2, 0) is 0 Å². The highest BCUT2D eigenvalue weighted by Gasteiger charge is 2.08. The number of halogens is 3. The lowest BCUT2D eigenvalue weighted by Gasteiger charge is -2.11. The van der Waals surface area contributed by atoms with Crippen LogP contribution in [0.25, 0.3) is 0 Å². The molecule has 0 atom stereocenters. The van der Waals surface area contributed by atoms with Crippen molar-refractivity contribution in [3.63, 3.8) is 0 Å². The Labute approximate surface area is 95.1 Å². The van der Waals surface area contributed by atoms with E-state index in [-0.39, 0.29) is 5.75 Å². The summed E-state index contributed by atoms with van der Waals surface area (Å²) >= 11 is 3.16. The van der Waals surface area contributed by atoms with Crippen molar-refractivity contribution in [2.75, 3.05) is 11.9 Å². The molecular formula is C10H10BrF2NO. The van der Waals surface area contributed by atoms with E-state index in [9.17, 15) is 8.78 Å². The van der Waals surface area contributed by atoms with Crippen molar-refractivity contribution in [2.45, 2.75) is 6.61 Å². The van der Waals surface area contributed by atoms with Crippen molar-refractivity contribution in [3.8, 4) is 5.75 Å². The predicted molar refractivity (Wildman–Crippen MR) is 59.6 cm³/mol. The quantitative estimate of drug-likeness (QED) is 0.888. The Morgan fingerprint density at radius 3 is 2.73 bits per heavy atom. The van der Waals surface area contributed by atoms with Gasteiger partial charge < -0.3 is 10.1 Å². The number of anilines is 1. The Morgan fingerprint density at radius 2 is 2.13 bits per heavy atom. The molecule has 0 heterocycles. The zero-order valence-corrected chi connectivity index (χ0v) is 9.43. The highest BCUT2D eigenvalue weighted by Crippen LogP contribution is 2.25. The van der Waals surface area contributed by atoms with Crippen LogP contribution in [0.15, 0.2) is 35.3 Å². The van der Waals surface area contributed by atoms with Gasteiger partial charge in [-0.2, -0.15) is 8.78 Å². The fraction of sp³-hybridized carbons (Fsp3) is 0.200. The van der Waals surface area contributed by atoms with E-state index in [4.69, 9.17) is 0 Å². The third kappa shape index (κ3) is 4.29. The molecule has 0 aliphatic carbocycles. The minimum Gasteiger partial charge on any atom is -0.433 e. The number of alkyl halides is 2. The van der Waals surface area contributed by atoms with Crippen molar-refractivity contribution < 1.29 is 13.5 Å². The SMILES string of the molecule is C=C(Br)CNc1ccccc1OC(F)F. The first-order chi connectivity index (χ1) is 7.09. The summed E-state index contributed by atoms with van der Waals surface area (Å²) in [6, 6.07) is 6.50. The minimum atomic E-state index is -2.82. The van der Waals surface area contributed by atoms with E-state index >= 15 is 0 Å². The van der Waals surface area contributed by atoms with Gasteiger partial charge in [-0.3, -0.25) is 0 Å². The molecular weight excluding hydrogens is 268 g/mol. The first-order valence-electron chi connectivity index (χ1n) is 4.20. The molecule has 0 amide bonds. The molecule has 0 spiro atoms. The number of para-hydroxylation sites is 2. The second-order valence-corrected chi connectivity index (χ2v) is 3.87. The number of hydrogen-bond donors (Lipinski definition) is 1. The second kappa shape index (κ2) is 5.70. The van der Waals surface area contributed by atoms with Crippen LogP contribution >= 0.6 is 15.9 Å². The summed E-state index contributed by atoms with van der Waals surface area (Å²) < 4.78 is 29.1. The molecule has 0 bridgehead atoms. The second-order valence-electron chi connectivity index (χ2n) is 2.75. The molecule has 0 unspecified atom stereocenters. The average Bonchev–Trinajstić information content (AvgIpc) is 2.15. The van der Waals surface area contributed by atoms with Gasteiger partial charge in [0, 0.05) is 11.0 Å². The van der Waals surface area contributed by atoms with Crippen LogP contribution in [0.2, 0.25) is 0 Å². The van der Waals surface area contributed by atoms with E-state index in [2.05, 4.69) is 32.6 Å². The average molecular weight is 278 g/mol. The standard InChI is InChI=1S/C10H10BrF2NO/c1-7(11)6-14-8-4-2-3-5-9(8)15-10(12)13/h2-5,10,14H,1,6H2. The van der Waals surface area contributed by atoms with Crippen LogP contribution in [0.3, 0.4) is 0 Å². The summed E-state index contributed by atoms with van der Waals surface area (Å²) in [7, 11) is 0. The lowest BCUT2D eigenvalue weighted by Crippen LogP contribution is -2.07. The van der Waals surface area contributed by atoms with Crippen molar-refractivity contribution in [3.05, 3.63) is 35.3 Å². The molecule has 0 radical (unpaired) electrons. The van der Waals surface area contributed by atoms with E-state index in [1.54, 1.807) is 18.2 Å². The minimum absolute atomic E-state index is 0.126. The third-order valence-corrected chi connectivity index (χ3v) is 1.85. The molecule has 1 aromatic carbocycles. The first-order valence-corrected chi connectivity index (χ1v) is 5.00. The van der Waals surface area contributed by atoms with Gasteiger partial charge in [0.15, 0.2) is 0 Å². The lowest BCUT2D eigenvalue weighted by atomic mass is 10.3. The van der Waals surface area contributed by atoms with Gasteiger partial charge in [-0.1, -0.05) is 34.6 Å². The fourth-order valence-corrected chi connectivity index (χ4v) is 1.14. The van der Waals surface area contributed by atoms with Crippen LogP contribution < -0.4 is 10.1 Å². The first kappa shape index (κ1) is 12.0. The van der Waals surface area contributed by atoms with Gasteiger partial charge in [-0.25, -0.2) is 0 Å². The summed E-state index contributed by atoms with van der Waals surface area (Å²) in [5, 5.41) is 2.91. The molecule has 2 nitrogen and oxygen atoms in total. The lowest BCUT2D eigenvalue weighted by molar-refractivity contribution is -0.0493. The molecule has 0 saturated heterocycles. The van der Waals surface area contributed by atoms with E-state index in [0.29, 0.717) is 12.2 Å².